The lowest BCUT2D eigenvalue weighted by molar-refractivity contribution is -0.137. The van der Waals surface area contributed by atoms with E-state index in [-0.39, 0.29) is 5.69 Å². The van der Waals surface area contributed by atoms with E-state index in [1.54, 1.807) is 36.4 Å². The second-order valence-corrected chi connectivity index (χ2v) is 8.17. The van der Waals surface area contributed by atoms with E-state index in [2.05, 4.69) is 5.10 Å². The number of nitrogens with zero attached hydrogens (tertiary/aromatic N) is 3. The average molecular weight is 469 g/mol. The third kappa shape index (κ3) is 3.28. The van der Waals surface area contributed by atoms with Gasteiger partial charge in [-0.2, -0.15) is 18.3 Å². The molecule has 2 aromatic carbocycles. The first kappa shape index (κ1) is 21.9. The number of Topliss-reactive ketones (excluding diaryl/α,β-unsaturated/α-hetero) is 1. The fourth-order valence-corrected chi connectivity index (χ4v) is 4.84. The van der Waals surface area contributed by atoms with Crippen molar-refractivity contribution in [3.8, 4) is 5.75 Å². The number of methoxy groups -OCH3 is 1. The number of ketones is 1. The number of imide groups is 1. The van der Waals surface area contributed by atoms with Crippen LogP contribution in [0.5, 0.6) is 5.75 Å². The topological polar surface area (TPSA) is 79.3 Å². The number of benzene rings is 2. The molecule has 0 N–H and O–H groups in total. The van der Waals surface area contributed by atoms with E-state index in [0.29, 0.717) is 11.3 Å². The highest BCUT2D eigenvalue weighted by Crippen LogP contribution is 2.46. The lowest BCUT2D eigenvalue weighted by atomic mass is 9.86. The standard InChI is InChI=1S/C24H18F3N3O4/c1-34-16-9-7-13(8-10-16)21(31)20-19-18(17-6-3-11-28-30(17)20)22(32)29(23(19)33)15-5-2-4-14(12-15)24(25,26)27/h2-12,17-20H,1H3/t17?,18-,19-,20+/m0/s1. The third-order valence-corrected chi connectivity index (χ3v) is 6.37. The Labute approximate surface area is 192 Å². The number of amides is 2. The van der Waals surface area contributed by atoms with Gasteiger partial charge in [0, 0.05) is 11.8 Å². The number of alkyl halides is 3. The summed E-state index contributed by atoms with van der Waals surface area (Å²) in [5.41, 5.74) is -0.852. The predicted octanol–water partition coefficient (Wildman–Crippen LogP) is 3.31. The Hall–Kier alpha value is -3.95. The van der Waals surface area contributed by atoms with E-state index < -0.39 is 53.3 Å². The van der Waals surface area contributed by atoms with E-state index in [1.165, 1.54) is 24.4 Å². The summed E-state index contributed by atoms with van der Waals surface area (Å²) in [7, 11) is 1.49. The molecule has 2 aromatic rings. The zero-order valence-electron chi connectivity index (χ0n) is 17.8. The Morgan fingerprint density at radius 2 is 1.74 bits per heavy atom. The Kier molecular flexibility index (Phi) is 5.03. The number of allylic oxidation sites excluding steroid dienone is 1. The molecule has 0 aromatic heterocycles. The zero-order valence-corrected chi connectivity index (χ0v) is 17.8. The summed E-state index contributed by atoms with van der Waals surface area (Å²) in [4.78, 5) is 41.2. The summed E-state index contributed by atoms with van der Waals surface area (Å²) < 4.78 is 44.8. The van der Waals surface area contributed by atoms with Crippen LogP contribution in [0.2, 0.25) is 0 Å². The fourth-order valence-electron chi connectivity index (χ4n) is 4.84. The number of anilines is 1. The van der Waals surface area contributed by atoms with Gasteiger partial charge in [0.05, 0.1) is 36.2 Å². The minimum absolute atomic E-state index is 0.176. The summed E-state index contributed by atoms with van der Waals surface area (Å²) in [6, 6.07) is 8.61. The first-order chi connectivity index (χ1) is 16.2. The smallest absolute Gasteiger partial charge is 0.416 e. The van der Waals surface area contributed by atoms with Crippen LogP contribution in [0.4, 0.5) is 18.9 Å². The van der Waals surface area contributed by atoms with Crippen molar-refractivity contribution in [2.45, 2.75) is 18.3 Å². The molecule has 0 radical (unpaired) electrons. The largest absolute Gasteiger partial charge is 0.497 e. The second-order valence-electron chi connectivity index (χ2n) is 8.17. The highest BCUT2D eigenvalue weighted by Gasteiger charge is 2.64. The van der Waals surface area contributed by atoms with Gasteiger partial charge in [-0.15, -0.1) is 0 Å². The van der Waals surface area contributed by atoms with E-state index >= 15 is 0 Å². The van der Waals surface area contributed by atoms with Crippen LogP contribution in [0.1, 0.15) is 15.9 Å². The van der Waals surface area contributed by atoms with E-state index in [9.17, 15) is 27.6 Å². The minimum atomic E-state index is -4.64. The van der Waals surface area contributed by atoms with Crippen molar-refractivity contribution in [2.24, 2.45) is 16.9 Å². The number of rotatable bonds is 4. The molecular formula is C24H18F3N3O4. The van der Waals surface area contributed by atoms with Crippen LogP contribution in [-0.2, 0) is 15.8 Å². The molecule has 5 rings (SSSR count). The van der Waals surface area contributed by atoms with Gasteiger partial charge in [-0.3, -0.25) is 19.4 Å². The maximum absolute atomic E-state index is 13.5. The van der Waals surface area contributed by atoms with Crippen LogP contribution < -0.4 is 9.64 Å². The quantitative estimate of drug-likeness (QED) is 0.507. The summed E-state index contributed by atoms with van der Waals surface area (Å²) in [6.45, 7) is 0. The van der Waals surface area contributed by atoms with Gasteiger partial charge < -0.3 is 4.74 Å². The van der Waals surface area contributed by atoms with Crippen LogP contribution >= 0.6 is 0 Å². The molecule has 10 heteroatoms. The van der Waals surface area contributed by atoms with Crippen LogP contribution in [0, 0.1) is 11.8 Å². The molecule has 0 saturated carbocycles. The molecule has 3 heterocycles. The first-order valence-electron chi connectivity index (χ1n) is 10.4. The zero-order chi connectivity index (χ0) is 24.2. The normalized spacial score (nSPS) is 25.5. The van der Waals surface area contributed by atoms with E-state index in [0.717, 1.165) is 23.1 Å². The lowest BCUT2D eigenvalue weighted by Gasteiger charge is -2.30. The van der Waals surface area contributed by atoms with Gasteiger partial charge >= 0.3 is 6.18 Å². The SMILES string of the molecule is COc1ccc(C(=O)[C@H]2[C@H]3C(=O)N(c4cccc(C(F)(F)F)c4)C(=O)[C@H]3C3C=CC=NN32)cc1. The number of hydrogen-bond acceptors (Lipinski definition) is 6. The van der Waals surface area contributed by atoms with Gasteiger partial charge in [0.1, 0.15) is 11.8 Å². The molecule has 1 unspecified atom stereocenters. The molecule has 4 atom stereocenters. The van der Waals surface area contributed by atoms with Crippen molar-refractivity contribution in [3.05, 3.63) is 71.8 Å². The molecule has 3 aliphatic heterocycles. The van der Waals surface area contributed by atoms with Crippen LogP contribution in [0.3, 0.4) is 0 Å². The predicted molar refractivity (Wildman–Crippen MR) is 115 cm³/mol. The molecule has 2 fully saturated rings. The number of ether oxygens (including phenoxy) is 1. The van der Waals surface area contributed by atoms with Gasteiger partial charge in [0.25, 0.3) is 0 Å². The maximum Gasteiger partial charge on any atom is 0.416 e. The van der Waals surface area contributed by atoms with Gasteiger partial charge in [-0.1, -0.05) is 12.1 Å². The van der Waals surface area contributed by atoms with Gasteiger partial charge in [-0.05, 0) is 48.5 Å². The molecule has 2 amide bonds. The minimum Gasteiger partial charge on any atom is -0.497 e. The van der Waals surface area contributed by atoms with Crippen molar-refractivity contribution < 1.29 is 32.3 Å². The fraction of sp³-hybridized carbons (Fsp3) is 0.250. The lowest BCUT2D eigenvalue weighted by Crippen LogP contribution is -2.46. The summed E-state index contributed by atoms with van der Waals surface area (Å²) in [5.74, 6) is -3.31. The summed E-state index contributed by atoms with van der Waals surface area (Å²) in [5, 5.41) is 5.70. The number of fused-ring (bicyclic) bond motifs is 3. The Morgan fingerprint density at radius 3 is 2.41 bits per heavy atom. The highest BCUT2D eigenvalue weighted by atomic mass is 19.4. The van der Waals surface area contributed by atoms with Crippen molar-refractivity contribution in [2.75, 3.05) is 12.0 Å². The molecule has 0 bridgehead atoms. The summed E-state index contributed by atoms with van der Waals surface area (Å²) in [6.07, 6.45) is 0.115. The van der Waals surface area contributed by atoms with Gasteiger partial charge in [-0.25, -0.2) is 4.90 Å². The monoisotopic (exact) mass is 469 g/mol. The number of hydrogen-bond donors (Lipinski definition) is 0. The Morgan fingerprint density at radius 1 is 1.03 bits per heavy atom. The number of halogens is 3. The molecule has 174 valence electrons. The second kappa shape index (κ2) is 7.82. The first-order valence-corrected chi connectivity index (χ1v) is 10.4. The van der Waals surface area contributed by atoms with Gasteiger partial charge in [0.15, 0.2) is 5.78 Å². The van der Waals surface area contributed by atoms with Crippen molar-refractivity contribution in [3.63, 3.8) is 0 Å². The van der Waals surface area contributed by atoms with Crippen molar-refractivity contribution in [1.29, 1.82) is 0 Å². The number of carbonyl (C=O) groups excluding carboxylic acids is 3. The molecule has 0 aliphatic carbocycles. The molecule has 7 nitrogen and oxygen atoms in total. The Bertz CT molecular complexity index is 1240. The van der Waals surface area contributed by atoms with Crippen LogP contribution in [-0.4, -0.2) is 48.0 Å². The highest BCUT2D eigenvalue weighted by molar-refractivity contribution is 6.24. The molecule has 0 spiro atoms. The van der Waals surface area contributed by atoms with Crippen LogP contribution in [0.15, 0.2) is 65.8 Å². The number of carbonyl (C=O) groups is 3. The van der Waals surface area contributed by atoms with Gasteiger partial charge in [0.2, 0.25) is 11.8 Å². The molecule has 2 saturated heterocycles. The Balaban J connectivity index is 1.55. The third-order valence-electron chi connectivity index (χ3n) is 6.37. The molecule has 34 heavy (non-hydrogen) atoms. The van der Waals surface area contributed by atoms with E-state index in [4.69, 9.17) is 4.74 Å². The molecular weight excluding hydrogens is 451 g/mol. The van der Waals surface area contributed by atoms with E-state index in [1.807, 2.05) is 0 Å². The molecule has 3 aliphatic rings. The summed E-state index contributed by atoms with van der Waals surface area (Å²) >= 11 is 0. The van der Waals surface area contributed by atoms with Crippen LogP contribution in [0.25, 0.3) is 0 Å². The maximum atomic E-state index is 13.5. The number of hydrazone groups is 1. The van der Waals surface area contributed by atoms with Crippen molar-refractivity contribution >= 4 is 29.5 Å². The average Bonchev–Trinajstić information content (AvgIpc) is 3.31. The van der Waals surface area contributed by atoms with Crippen molar-refractivity contribution in [1.82, 2.24) is 5.01 Å².